The fourth-order valence-electron chi connectivity index (χ4n) is 1.74. The fourth-order valence-corrected chi connectivity index (χ4v) is 2.41. The SMILES string of the molecule is CC(C)CC(CN)CNCc1ccsc1. The van der Waals surface area contributed by atoms with Crippen LogP contribution in [0, 0.1) is 11.8 Å². The number of nitrogens with two attached hydrogens (primary N) is 1. The lowest BCUT2D eigenvalue weighted by molar-refractivity contribution is 0.394. The lowest BCUT2D eigenvalue weighted by atomic mass is 9.97. The van der Waals surface area contributed by atoms with Crippen LogP contribution in [-0.2, 0) is 6.54 Å². The second-order valence-electron chi connectivity index (χ2n) is 4.49. The van der Waals surface area contributed by atoms with Crippen molar-refractivity contribution in [1.29, 1.82) is 0 Å². The molecule has 1 aromatic heterocycles. The molecular formula is C12H22N2S. The smallest absolute Gasteiger partial charge is 0.0213 e. The normalized spacial score (nSPS) is 13.3. The molecule has 0 amide bonds. The number of nitrogens with one attached hydrogen (secondary N) is 1. The van der Waals surface area contributed by atoms with Gasteiger partial charge in [-0.25, -0.2) is 0 Å². The Morgan fingerprint density at radius 1 is 1.47 bits per heavy atom. The molecule has 15 heavy (non-hydrogen) atoms. The van der Waals surface area contributed by atoms with E-state index in [4.69, 9.17) is 5.73 Å². The summed E-state index contributed by atoms with van der Waals surface area (Å²) in [5.41, 5.74) is 7.12. The predicted molar refractivity (Wildman–Crippen MR) is 68.0 cm³/mol. The van der Waals surface area contributed by atoms with Crippen LogP contribution in [0.5, 0.6) is 0 Å². The highest BCUT2D eigenvalue weighted by atomic mass is 32.1. The van der Waals surface area contributed by atoms with Crippen LogP contribution in [-0.4, -0.2) is 13.1 Å². The van der Waals surface area contributed by atoms with Crippen LogP contribution in [0.15, 0.2) is 16.8 Å². The van der Waals surface area contributed by atoms with Crippen molar-refractivity contribution in [2.75, 3.05) is 13.1 Å². The van der Waals surface area contributed by atoms with Crippen molar-refractivity contribution >= 4 is 11.3 Å². The van der Waals surface area contributed by atoms with Gasteiger partial charge in [0.05, 0.1) is 0 Å². The topological polar surface area (TPSA) is 38.0 Å². The molecule has 0 saturated heterocycles. The van der Waals surface area contributed by atoms with Crippen LogP contribution in [0.4, 0.5) is 0 Å². The quantitative estimate of drug-likeness (QED) is 0.749. The van der Waals surface area contributed by atoms with Crippen LogP contribution in [0.3, 0.4) is 0 Å². The Labute approximate surface area is 96.9 Å². The molecule has 86 valence electrons. The first-order valence-electron chi connectivity index (χ1n) is 5.64. The van der Waals surface area contributed by atoms with Crippen molar-refractivity contribution in [2.45, 2.75) is 26.8 Å². The van der Waals surface area contributed by atoms with Gasteiger partial charge < -0.3 is 11.1 Å². The summed E-state index contributed by atoms with van der Waals surface area (Å²) >= 11 is 1.75. The van der Waals surface area contributed by atoms with Crippen LogP contribution >= 0.6 is 11.3 Å². The van der Waals surface area contributed by atoms with Gasteiger partial charge in [-0.2, -0.15) is 11.3 Å². The summed E-state index contributed by atoms with van der Waals surface area (Å²) in [5, 5.41) is 7.77. The molecule has 2 nitrogen and oxygen atoms in total. The Morgan fingerprint density at radius 3 is 2.80 bits per heavy atom. The number of rotatable bonds is 7. The Bertz CT molecular complexity index is 244. The van der Waals surface area contributed by atoms with Gasteiger partial charge in [0.1, 0.15) is 0 Å². The molecule has 1 unspecified atom stereocenters. The van der Waals surface area contributed by atoms with Crippen LogP contribution in [0.25, 0.3) is 0 Å². The third kappa shape index (κ3) is 5.30. The van der Waals surface area contributed by atoms with Gasteiger partial charge in [-0.05, 0) is 53.7 Å². The number of hydrogen-bond acceptors (Lipinski definition) is 3. The van der Waals surface area contributed by atoms with E-state index in [1.807, 2.05) is 0 Å². The van der Waals surface area contributed by atoms with Crippen molar-refractivity contribution in [3.63, 3.8) is 0 Å². The van der Waals surface area contributed by atoms with Crippen LogP contribution in [0.2, 0.25) is 0 Å². The van der Waals surface area contributed by atoms with E-state index in [1.165, 1.54) is 12.0 Å². The maximum Gasteiger partial charge on any atom is 0.0213 e. The average molecular weight is 226 g/mol. The second kappa shape index (κ2) is 6.99. The first kappa shape index (κ1) is 12.7. The predicted octanol–water partition coefficient (Wildman–Crippen LogP) is 2.46. The fraction of sp³-hybridized carbons (Fsp3) is 0.667. The summed E-state index contributed by atoms with van der Waals surface area (Å²) in [5.74, 6) is 1.35. The minimum atomic E-state index is 0.614. The molecule has 0 aromatic carbocycles. The molecule has 0 saturated carbocycles. The van der Waals surface area contributed by atoms with Gasteiger partial charge in [0, 0.05) is 6.54 Å². The highest BCUT2D eigenvalue weighted by Crippen LogP contribution is 2.10. The van der Waals surface area contributed by atoms with E-state index in [-0.39, 0.29) is 0 Å². The second-order valence-corrected chi connectivity index (χ2v) is 5.27. The van der Waals surface area contributed by atoms with Gasteiger partial charge in [-0.15, -0.1) is 0 Å². The molecule has 0 aliphatic carbocycles. The van der Waals surface area contributed by atoms with Crippen molar-refractivity contribution in [2.24, 2.45) is 17.6 Å². The van der Waals surface area contributed by atoms with Gasteiger partial charge in [0.25, 0.3) is 0 Å². The molecule has 1 aromatic rings. The maximum absolute atomic E-state index is 5.74. The van der Waals surface area contributed by atoms with Gasteiger partial charge in [0.15, 0.2) is 0 Å². The molecule has 3 heteroatoms. The zero-order chi connectivity index (χ0) is 11.1. The average Bonchev–Trinajstić information content (AvgIpc) is 2.68. The van der Waals surface area contributed by atoms with E-state index in [0.29, 0.717) is 5.92 Å². The van der Waals surface area contributed by atoms with E-state index >= 15 is 0 Å². The maximum atomic E-state index is 5.74. The van der Waals surface area contributed by atoms with E-state index in [1.54, 1.807) is 11.3 Å². The largest absolute Gasteiger partial charge is 0.330 e. The molecule has 3 N–H and O–H groups in total. The van der Waals surface area contributed by atoms with Gasteiger partial charge in [0.2, 0.25) is 0 Å². The van der Waals surface area contributed by atoms with Crippen LogP contribution < -0.4 is 11.1 Å². The van der Waals surface area contributed by atoms with E-state index in [9.17, 15) is 0 Å². The molecule has 0 spiro atoms. The Morgan fingerprint density at radius 2 is 2.27 bits per heavy atom. The summed E-state index contributed by atoms with van der Waals surface area (Å²) in [6.07, 6.45) is 1.22. The Kier molecular flexibility index (Phi) is 5.91. The Balaban J connectivity index is 2.17. The summed E-state index contributed by atoms with van der Waals surface area (Å²) < 4.78 is 0. The molecule has 1 atom stereocenters. The molecule has 1 heterocycles. The first-order chi connectivity index (χ1) is 7.22. The standard InChI is InChI=1S/C12H22N2S/c1-10(2)5-12(6-13)8-14-7-11-3-4-15-9-11/h3-4,9-10,12,14H,5-8,13H2,1-2H3. The highest BCUT2D eigenvalue weighted by Gasteiger charge is 2.08. The number of thiophene rings is 1. The monoisotopic (exact) mass is 226 g/mol. The van der Waals surface area contributed by atoms with E-state index in [0.717, 1.165) is 25.6 Å². The highest BCUT2D eigenvalue weighted by molar-refractivity contribution is 7.07. The van der Waals surface area contributed by atoms with Crippen molar-refractivity contribution in [3.05, 3.63) is 22.4 Å². The zero-order valence-corrected chi connectivity index (χ0v) is 10.5. The molecule has 0 radical (unpaired) electrons. The molecule has 0 aliphatic heterocycles. The Hall–Kier alpha value is -0.380. The van der Waals surface area contributed by atoms with Crippen molar-refractivity contribution in [3.8, 4) is 0 Å². The van der Waals surface area contributed by atoms with Crippen LogP contribution in [0.1, 0.15) is 25.8 Å². The van der Waals surface area contributed by atoms with Crippen molar-refractivity contribution in [1.82, 2.24) is 5.32 Å². The summed E-state index contributed by atoms with van der Waals surface area (Å²) in [6, 6.07) is 2.16. The zero-order valence-electron chi connectivity index (χ0n) is 9.70. The summed E-state index contributed by atoms with van der Waals surface area (Å²) in [7, 11) is 0. The minimum Gasteiger partial charge on any atom is -0.330 e. The minimum absolute atomic E-state index is 0.614. The van der Waals surface area contributed by atoms with Gasteiger partial charge in [-0.1, -0.05) is 13.8 Å². The molecular weight excluding hydrogens is 204 g/mol. The summed E-state index contributed by atoms with van der Waals surface area (Å²) in [4.78, 5) is 0. The van der Waals surface area contributed by atoms with Crippen molar-refractivity contribution < 1.29 is 0 Å². The third-order valence-corrected chi connectivity index (χ3v) is 3.21. The summed E-state index contributed by atoms with van der Waals surface area (Å²) in [6.45, 7) is 7.29. The molecule has 0 aliphatic rings. The molecule has 1 rings (SSSR count). The van der Waals surface area contributed by atoms with E-state index in [2.05, 4.69) is 36.0 Å². The molecule has 0 bridgehead atoms. The van der Waals surface area contributed by atoms with Gasteiger partial charge >= 0.3 is 0 Å². The third-order valence-electron chi connectivity index (χ3n) is 2.48. The first-order valence-corrected chi connectivity index (χ1v) is 6.58. The molecule has 0 fully saturated rings. The lowest BCUT2D eigenvalue weighted by Crippen LogP contribution is -2.28. The number of hydrogen-bond donors (Lipinski definition) is 2. The van der Waals surface area contributed by atoms with Gasteiger partial charge in [-0.3, -0.25) is 0 Å². The van der Waals surface area contributed by atoms with E-state index < -0.39 is 0 Å². The lowest BCUT2D eigenvalue weighted by Gasteiger charge is -2.17.